The van der Waals surface area contributed by atoms with E-state index in [0.29, 0.717) is 23.9 Å². The van der Waals surface area contributed by atoms with E-state index in [0.717, 1.165) is 25.9 Å². The van der Waals surface area contributed by atoms with Crippen LogP contribution in [-0.4, -0.2) is 36.0 Å². The van der Waals surface area contributed by atoms with Gasteiger partial charge in [0.25, 0.3) is 0 Å². The molecule has 1 amide bonds. The molecule has 1 saturated heterocycles. The molecule has 0 N–H and O–H groups in total. The van der Waals surface area contributed by atoms with Crippen molar-refractivity contribution in [3.05, 3.63) is 30.3 Å². The summed E-state index contributed by atoms with van der Waals surface area (Å²) in [7, 11) is 0. The van der Waals surface area contributed by atoms with E-state index in [1.807, 2.05) is 6.07 Å². The maximum Gasteiger partial charge on any atom is 0.226 e. The molecule has 2 fully saturated rings. The number of nitrogens with zero attached hydrogens (tertiary/aromatic N) is 2. The summed E-state index contributed by atoms with van der Waals surface area (Å²) in [5.74, 6) is 0.709. The molecule has 1 heterocycles. The van der Waals surface area contributed by atoms with Gasteiger partial charge in [-0.1, -0.05) is 18.2 Å². The Morgan fingerprint density at radius 2 is 1.63 bits per heavy atom. The van der Waals surface area contributed by atoms with Crippen LogP contribution in [0.5, 0.6) is 0 Å². The fourth-order valence-electron chi connectivity index (χ4n) is 3.15. The lowest BCUT2D eigenvalue weighted by molar-refractivity contribution is -0.137. The first-order valence-corrected chi connectivity index (χ1v) is 7.29. The Labute approximate surface area is 115 Å². The molecule has 1 aromatic carbocycles. The minimum atomic E-state index is 0.303. The molecular weight excluding hydrogens is 236 g/mol. The Kier molecular flexibility index (Phi) is 3.21. The lowest BCUT2D eigenvalue weighted by atomic mass is 10.1. The van der Waals surface area contributed by atoms with Crippen molar-refractivity contribution in [1.29, 1.82) is 0 Å². The van der Waals surface area contributed by atoms with E-state index in [4.69, 9.17) is 0 Å². The maximum absolute atomic E-state index is 12.3. The number of piperazine rings is 1. The van der Waals surface area contributed by atoms with Crippen molar-refractivity contribution in [3.8, 4) is 0 Å². The molecule has 19 heavy (non-hydrogen) atoms. The molecule has 3 heteroatoms. The Bertz CT molecular complexity index is 443. The Morgan fingerprint density at radius 1 is 1.05 bits per heavy atom. The second kappa shape index (κ2) is 4.87. The predicted octanol–water partition coefficient (Wildman–Crippen LogP) is 2.52. The monoisotopic (exact) mass is 258 g/mol. The smallest absolute Gasteiger partial charge is 0.226 e. The van der Waals surface area contributed by atoms with Crippen LogP contribution in [0.25, 0.3) is 0 Å². The highest BCUT2D eigenvalue weighted by molar-refractivity contribution is 5.82. The lowest BCUT2D eigenvalue weighted by Gasteiger charge is -2.45. The average molecular weight is 258 g/mol. The van der Waals surface area contributed by atoms with Gasteiger partial charge in [0, 0.05) is 36.8 Å². The number of carbonyl (C=O) groups is 1. The second-order valence-corrected chi connectivity index (χ2v) is 5.96. The van der Waals surface area contributed by atoms with Crippen LogP contribution in [0.2, 0.25) is 0 Å². The Morgan fingerprint density at radius 3 is 2.16 bits per heavy atom. The van der Waals surface area contributed by atoms with E-state index in [9.17, 15) is 4.79 Å². The summed E-state index contributed by atoms with van der Waals surface area (Å²) in [6, 6.07) is 11.1. The van der Waals surface area contributed by atoms with Crippen LogP contribution in [0.4, 0.5) is 5.69 Å². The summed E-state index contributed by atoms with van der Waals surface area (Å²) in [6.45, 7) is 6.22. The number of amides is 1. The zero-order valence-corrected chi connectivity index (χ0v) is 11.7. The number of hydrogen-bond acceptors (Lipinski definition) is 2. The summed E-state index contributed by atoms with van der Waals surface area (Å²) in [6.07, 6.45) is 2.19. The number of carbonyl (C=O) groups excluding carboxylic acids is 1. The van der Waals surface area contributed by atoms with Crippen LogP contribution < -0.4 is 4.90 Å². The van der Waals surface area contributed by atoms with Crippen LogP contribution in [0.3, 0.4) is 0 Å². The summed E-state index contributed by atoms with van der Waals surface area (Å²) in [5, 5.41) is 0. The third-order valence-corrected chi connectivity index (χ3v) is 4.22. The molecule has 3 rings (SSSR count). The second-order valence-electron chi connectivity index (χ2n) is 5.96. The van der Waals surface area contributed by atoms with E-state index in [2.05, 4.69) is 47.9 Å². The highest BCUT2D eigenvalue weighted by Crippen LogP contribution is 2.34. The molecule has 0 aromatic heterocycles. The van der Waals surface area contributed by atoms with E-state index < -0.39 is 0 Å². The quantitative estimate of drug-likeness (QED) is 0.814. The van der Waals surface area contributed by atoms with Crippen molar-refractivity contribution < 1.29 is 4.79 Å². The first kappa shape index (κ1) is 12.5. The van der Waals surface area contributed by atoms with Gasteiger partial charge in [-0.3, -0.25) is 4.79 Å². The third-order valence-electron chi connectivity index (χ3n) is 4.22. The minimum Gasteiger partial charge on any atom is -0.367 e. The number of rotatable bonds is 2. The fourth-order valence-corrected chi connectivity index (χ4v) is 3.15. The fraction of sp³-hybridized carbons (Fsp3) is 0.562. The maximum atomic E-state index is 12.3. The van der Waals surface area contributed by atoms with Gasteiger partial charge in [0.1, 0.15) is 0 Å². The highest BCUT2D eigenvalue weighted by Gasteiger charge is 2.40. The van der Waals surface area contributed by atoms with Crippen molar-refractivity contribution in [2.75, 3.05) is 18.0 Å². The molecule has 102 valence electrons. The van der Waals surface area contributed by atoms with Crippen molar-refractivity contribution >= 4 is 11.6 Å². The van der Waals surface area contributed by atoms with Crippen molar-refractivity contribution in [2.45, 2.75) is 38.8 Å². The van der Waals surface area contributed by atoms with E-state index >= 15 is 0 Å². The first-order chi connectivity index (χ1) is 9.16. The molecule has 1 aliphatic carbocycles. The molecule has 3 nitrogen and oxygen atoms in total. The van der Waals surface area contributed by atoms with Crippen molar-refractivity contribution in [1.82, 2.24) is 4.90 Å². The van der Waals surface area contributed by atoms with Gasteiger partial charge in [0.2, 0.25) is 5.91 Å². The zero-order valence-electron chi connectivity index (χ0n) is 11.7. The molecule has 1 aromatic rings. The molecule has 1 aliphatic heterocycles. The third kappa shape index (κ3) is 2.46. The molecule has 0 bridgehead atoms. The molecule has 1 saturated carbocycles. The lowest BCUT2D eigenvalue weighted by Crippen LogP contribution is -2.59. The first-order valence-electron chi connectivity index (χ1n) is 7.29. The zero-order chi connectivity index (χ0) is 13.4. The van der Waals surface area contributed by atoms with Crippen LogP contribution in [0.1, 0.15) is 26.7 Å². The molecule has 2 atom stereocenters. The summed E-state index contributed by atoms with van der Waals surface area (Å²) >= 11 is 0. The summed E-state index contributed by atoms with van der Waals surface area (Å²) in [4.78, 5) is 16.8. The van der Waals surface area contributed by atoms with Crippen LogP contribution in [0, 0.1) is 5.92 Å². The average Bonchev–Trinajstić information content (AvgIpc) is 3.23. The standard InChI is InChI=1S/C16H22N2O/c1-12-10-17(15-6-4-3-5-7-15)11-13(2)18(12)16(19)14-8-9-14/h3-7,12-14H,8-11H2,1-2H3. The summed E-state index contributed by atoms with van der Waals surface area (Å²) in [5.41, 5.74) is 1.26. The van der Waals surface area contributed by atoms with Crippen LogP contribution >= 0.6 is 0 Å². The summed E-state index contributed by atoms with van der Waals surface area (Å²) < 4.78 is 0. The number of hydrogen-bond donors (Lipinski definition) is 0. The number of para-hydroxylation sites is 1. The van der Waals surface area contributed by atoms with Crippen molar-refractivity contribution in [3.63, 3.8) is 0 Å². The highest BCUT2D eigenvalue weighted by atomic mass is 16.2. The van der Waals surface area contributed by atoms with E-state index in [-0.39, 0.29) is 0 Å². The van der Waals surface area contributed by atoms with E-state index in [1.165, 1.54) is 5.69 Å². The molecule has 2 unspecified atom stereocenters. The Hall–Kier alpha value is -1.51. The van der Waals surface area contributed by atoms with Gasteiger partial charge < -0.3 is 9.80 Å². The van der Waals surface area contributed by atoms with Gasteiger partial charge in [0.05, 0.1) is 0 Å². The van der Waals surface area contributed by atoms with Gasteiger partial charge in [-0.2, -0.15) is 0 Å². The van der Waals surface area contributed by atoms with Gasteiger partial charge >= 0.3 is 0 Å². The normalized spacial score (nSPS) is 27.5. The molecule has 0 radical (unpaired) electrons. The largest absolute Gasteiger partial charge is 0.367 e. The van der Waals surface area contributed by atoms with E-state index in [1.54, 1.807) is 0 Å². The number of benzene rings is 1. The van der Waals surface area contributed by atoms with Crippen molar-refractivity contribution in [2.24, 2.45) is 5.92 Å². The SMILES string of the molecule is CC1CN(c2ccccc2)CC(C)N1C(=O)C1CC1. The van der Waals surface area contributed by atoms with Gasteiger partial charge in [-0.25, -0.2) is 0 Å². The Balaban J connectivity index is 1.73. The molecular formula is C16H22N2O. The number of anilines is 1. The molecule has 0 spiro atoms. The minimum absolute atomic E-state index is 0.303. The van der Waals surface area contributed by atoms with Crippen LogP contribution in [-0.2, 0) is 4.79 Å². The van der Waals surface area contributed by atoms with Gasteiger partial charge in [0.15, 0.2) is 0 Å². The van der Waals surface area contributed by atoms with Crippen LogP contribution in [0.15, 0.2) is 30.3 Å². The predicted molar refractivity (Wildman–Crippen MR) is 77.1 cm³/mol. The molecule has 2 aliphatic rings. The topological polar surface area (TPSA) is 23.6 Å². The van der Waals surface area contributed by atoms with Gasteiger partial charge in [-0.15, -0.1) is 0 Å². The van der Waals surface area contributed by atoms with Gasteiger partial charge in [-0.05, 0) is 38.8 Å².